The van der Waals surface area contributed by atoms with Crippen LogP contribution in [0.2, 0.25) is 0 Å². The highest BCUT2D eigenvalue weighted by atomic mass is 32.2. The van der Waals surface area contributed by atoms with Crippen molar-refractivity contribution in [1.82, 2.24) is 5.32 Å². The van der Waals surface area contributed by atoms with Crippen LogP contribution < -0.4 is 5.32 Å². The molecule has 1 aliphatic heterocycles. The molecule has 3 aliphatic rings. The molecule has 1 saturated carbocycles. The lowest BCUT2D eigenvalue weighted by molar-refractivity contribution is -0.123. The summed E-state index contributed by atoms with van der Waals surface area (Å²) in [6, 6.07) is 0. The van der Waals surface area contributed by atoms with Crippen molar-refractivity contribution in [2.75, 3.05) is 12.8 Å². The average molecular weight is 207 g/mol. The van der Waals surface area contributed by atoms with Crippen LogP contribution in [0.4, 0.5) is 0 Å². The maximum absolute atomic E-state index is 11.7. The molecular weight excluding hydrogens is 194 g/mol. The van der Waals surface area contributed by atoms with E-state index in [-0.39, 0.29) is 22.0 Å². The molecular formula is C11H13NOS. The fourth-order valence-corrected chi connectivity index (χ4v) is 4.11. The first-order valence-electron chi connectivity index (χ1n) is 4.92. The minimum absolute atomic E-state index is 0.109. The van der Waals surface area contributed by atoms with E-state index < -0.39 is 0 Å². The van der Waals surface area contributed by atoms with Crippen LogP contribution in [0.1, 0.15) is 6.42 Å². The predicted octanol–water partition coefficient (Wildman–Crippen LogP) is 1.35. The predicted molar refractivity (Wildman–Crippen MR) is 58.1 cm³/mol. The zero-order valence-corrected chi connectivity index (χ0v) is 8.93. The van der Waals surface area contributed by atoms with E-state index in [2.05, 4.69) is 29.6 Å². The van der Waals surface area contributed by atoms with E-state index in [0.29, 0.717) is 0 Å². The van der Waals surface area contributed by atoms with E-state index in [9.17, 15) is 4.79 Å². The molecule has 3 atom stereocenters. The highest BCUT2D eigenvalue weighted by Crippen LogP contribution is 2.71. The second-order valence-electron chi connectivity index (χ2n) is 4.43. The van der Waals surface area contributed by atoms with Gasteiger partial charge in [0.1, 0.15) is 0 Å². The number of hydrogen-bond donors (Lipinski definition) is 1. The van der Waals surface area contributed by atoms with Gasteiger partial charge < -0.3 is 5.32 Å². The second kappa shape index (κ2) is 2.45. The van der Waals surface area contributed by atoms with E-state index >= 15 is 0 Å². The van der Waals surface area contributed by atoms with Crippen molar-refractivity contribution in [3.8, 4) is 0 Å². The third-order valence-electron chi connectivity index (χ3n) is 3.85. The van der Waals surface area contributed by atoms with Crippen molar-refractivity contribution >= 4 is 17.7 Å². The molecule has 2 nitrogen and oxygen atoms in total. The Morgan fingerprint density at radius 1 is 1.50 bits per heavy atom. The van der Waals surface area contributed by atoms with Crippen LogP contribution in [0.15, 0.2) is 24.3 Å². The van der Waals surface area contributed by atoms with Crippen LogP contribution in [0.3, 0.4) is 0 Å². The van der Waals surface area contributed by atoms with Crippen molar-refractivity contribution in [3.05, 3.63) is 24.3 Å². The molecule has 1 amide bonds. The topological polar surface area (TPSA) is 29.1 Å². The van der Waals surface area contributed by atoms with Crippen LogP contribution in [-0.2, 0) is 4.79 Å². The summed E-state index contributed by atoms with van der Waals surface area (Å²) in [6.45, 7) is 0.823. The molecule has 3 unspecified atom stereocenters. The first-order valence-corrected chi connectivity index (χ1v) is 6.20. The number of carbonyl (C=O) groups excluding carboxylic acids is 1. The Kier molecular flexibility index (Phi) is 1.51. The van der Waals surface area contributed by atoms with Crippen molar-refractivity contribution in [2.45, 2.75) is 11.7 Å². The third-order valence-corrected chi connectivity index (χ3v) is 4.96. The van der Waals surface area contributed by atoms with E-state index in [0.717, 1.165) is 13.0 Å². The van der Waals surface area contributed by atoms with Gasteiger partial charge in [-0.3, -0.25) is 4.79 Å². The number of hydrogen-bond acceptors (Lipinski definition) is 2. The average Bonchev–Trinajstić information content (AvgIpc) is 2.87. The Morgan fingerprint density at radius 3 is 3.07 bits per heavy atom. The van der Waals surface area contributed by atoms with E-state index in [1.165, 1.54) is 0 Å². The molecule has 3 rings (SSSR count). The molecule has 0 aromatic rings. The molecule has 74 valence electrons. The molecule has 2 fully saturated rings. The molecule has 2 aliphatic carbocycles. The van der Waals surface area contributed by atoms with Gasteiger partial charge in [0, 0.05) is 17.4 Å². The van der Waals surface area contributed by atoms with Gasteiger partial charge in [0.2, 0.25) is 5.91 Å². The van der Waals surface area contributed by atoms with E-state index in [1.807, 2.05) is 6.26 Å². The van der Waals surface area contributed by atoms with Gasteiger partial charge >= 0.3 is 0 Å². The first kappa shape index (κ1) is 8.60. The Hall–Kier alpha value is -0.700. The molecule has 1 heterocycles. The Balaban J connectivity index is 2.04. The molecule has 0 aromatic carbocycles. The summed E-state index contributed by atoms with van der Waals surface area (Å²) in [5.41, 5.74) is 0.396. The van der Waals surface area contributed by atoms with Gasteiger partial charge in [0.15, 0.2) is 0 Å². The van der Waals surface area contributed by atoms with Gasteiger partial charge in [-0.25, -0.2) is 0 Å². The van der Waals surface area contributed by atoms with Crippen LogP contribution in [-0.4, -0.2) is 24.0 Å². The molecule has 0 aromatic heterocycles. The minimum atomic E-state index is 0.109. The summed E-state index contributed by atoms with van der Waals surface area (Å²) in [5.74, 6) is 0.213. The van der Waals surface area contributed by atoms with Crippen LogP contribution in [0.25, 0.3) is 0 Å². The van der Waals surface area contributed by atoms with E-state index in [4.69, 9.17) is 0 Å². The molecule has 14 heavy (non-hydrogen) atoms. The zero-order chi connectivity index (χ0) is 9.81. The monoisotopic (exact) mass is 207 g/mol. The largest absolute Gasteiger partial charge is 0.354 e. The molecule has 0 spiro atoms. The lowest BCUT2D eigenvalue weighted by Crippen LogP contribution is -2.48. The quantitative estimate of drug-likeness (QED) is 0.703. The minimum Gasteiger partial charge on any atom is -0.354 e. The fraction of sp³-hybridized carbons (Fsp3) is 0.545. The maximum atomic E-state index is 11.7. The van der Waals surface area contributed by atoms with Crippen molar-refractivity contribution in [2.24, 2.45) is 10.8 Å². The Morgan fingerprint density at radius 2 is 2.29 bits per heavy atom. The summed E-state index contributed by atoms with van der Waals surface area (Å²) in [6.07, 6.45) is 11.9. The van der Waals surface area contributed by atoms with Gasteiger partial charge in [0.05, 0.1) is 5.25 Å². The summed E-state index contributed by atoms with van der Waals surface area (Å²) in [7, 11) is 0. The number of thioether (sulfide) groups is 1. The fourth-order valence-electron chi connectivity index (χ4n) is 3.00. The second-order valence-corrected chi connectivity index (χ2v) is 5.37. The maximum Gasteiger partial charge on any atom is 0.234 e. The van der Waals surface area contributed by atoms with Gasteiger partial charge in [-0.2, -0.15) is 11.8 Å². The van der Waals surface area contributed by atoms with Gasteiger partial charge in [-0.05, 0) is 12.7 Å². The highest BCUT2D eigenvalue weighted by molar-refractivity contribution is 8.00. The highest BCUT2D eigenvalue weighted by Gasteiger charge is 2.71. The van der Waals surface area contributed by atoms with Crippen molar-refractivity contribution in [3.63, 3.8) is 0 Å². The molecule has 1 N–H and O–H groups in total. The van der Waals surface area contributed by atoms with Crippen LogP contribution in [0, 0.1) is 10.8 Å². The summed E-state index contributed by atoms with van der Waals surface area (Å²) < 4.78 is 0. The SMILES string of the molecule is CSC1C(=O)NCC23C=CC=CC12C3. The lowest BCUT2D eigenvalue weighted by atomic mass is 9.83. The smallest absolute Gasteiger partial charge is 0.234 e. The molecule has 3 heteroatoms. The number of piperidine rings is 1. The third kappa shape index (κ3) is 0.776. The van der Waals surface area contributed by atoms with Gasteiger partial charge in [-0.15, -0.1) is 0 Å². The first-order chi connectivity index (χ1) is 6.74. The number of allylic oxidation sites excluding steroid dienone is 3. The lowest BCUT2D eigenvalue weighted by Gasteiger charge is -2.34. The number of rotatable bonds is 1. The molecule has 0 radical (unpaired) electrons. The molecule has 0 bridgehead atoms. The number of carbonyl (C=O) groups is 1. The number of amides is 1. The Labute approximate surface area is 87.8 Å². The normalized spacial score (nSPS) is 48.1. The standard InChI is InChI=1S/C11H13NOS/c1-14-8-9(13)12-7-10-4-2-3-5-11(8,10)6-10/h2-5,8H,6-7H2,1H3,(H,12,13). The van der Waals surface area contributed by atoms with Gasteiger partial charge in [-0.1, -0.05) is 24.3 Å². The molecule has 1 saturated heterocycles. The van der Waals surface area contributed by atoms with E-state index in [1.54, 1.807) is 11.8 Å². The van der Waals surface area contributed by atoms with Crippen LogP contribution >= 0.6 is 11.8 Å². The van der Waals surface area contributed by atoms with Gasteiger partial charge in [0.25, 0.3) is 0 Å². The summed E-state index contributed by atoms with van der Waals surface area (Å²) in [5, 5.41) is 3.12. The van der Waals surface area contributed by atoms with Crippen LogP contribution in [0.5, 0.6) is 0 Å². The number of nitrogens with one attached hydrogen (secondary N) is 1. The zero-order valence-electron chi connectivity index (χ0n) is 8.12. The summed E-state index contributed by atoms with van der Waals surface area (Å²) in [4.78, 5) is 11.7. The Bertz CT molecular complexity index is 362. The van der Waals surface area contributed by atoms with Crippen molar-refractivity contribution in [1.29, 1.82) is 0 Å². The van der Waals surface area contributed by atoms with Crippen molar-refractivity contribution < 1.29 is 4.79 Å². The summed E-state index contributed by atoms with van der Waals surface area (Å²) >= 11 is 1.68.